The van der Waals surface area contributed by atoms with E-state index in [-0.39, 0.29) is 29.9 Å². The molecule has 0 aliphatic rings. The van der Waals surface area contributed by atoms with Crippen LogP contribution in [0.2, 0.25) is 0 Å². The average molecular weight is 337 g/mol. The van der Waals surface area contributed by atoms with Gasteiger partial charge in [0, 0.05) is 19.6 Å². The zero-order valence-corrected chi connectivity index (χ0v) is 14.1. The van der Waals surface area contributed by atoms with Crippen molar-refractivity contribution in [1.82, 2.24) is 4.31 Å². The third-order valence-electron chi connectivity index (χ3n) is 3.24. The smallest absolute Gasteiger partial charge is 0.338 e. The number of benzene rings is 1. The van der Waals surface area contributed by atoms with Crippen LogP contribution in [0.15, 0.2) is 23.1 Å². The molecule has 0 fully saturated rings. The molecule has 6 nitrogen and oxygen atoms in total. The Morgan fingerprint density at radius 2 is 2.00 bits per heavy atom. The molecule has 2 N–H and O–H groups in total. The maximum atomic E-state index is 12.4. The highest BCUT2D eigenvalue weighted by atomic mass is 35.5. The van der Waals surface area contributed by atoms with Crippen molar-refractivity contribution >= 4 is 28.4 Å². The number of rotatable bonds is 5. The first-order chi connectivity index (χ1) is 9.25. The number of carbonyl (C=O) groups is 1. The fraction of sp³-hybridized carbons (Fsp3) is 0.462. The molecular formula is C13H21ClN2O4S. The summed E-state index contributed by atoms with van der Waals surface area (Å²) in [5, 5.41) is 0. The molecule has 0 amide bonds. The lowest BCUT2D eigenvalue weighted by atomic mass is 10.1. The van der Waals surface area contributed by atoms with E-state index in [4.69, 9.17) is 5.73 Å². The molecule has 1 unspecified atom stereocenters. The van der Waals surface area contributed by atoms with E-state index < -0.39 is 16.0 Å². The number of nitrogens with two attached hydrogens (primary N) is 1. The number of likely N-dealkylation sites (N-methyl/N-ethyl adjacent to an activating group) is 1. The zero-order chi connectivity index (χ0) is 15.5. The molecule has 1 aromatic rings. The fourth-order valence-corrected chi connectivity index (χ4v) is 3.15. The zero-order valence-electron chi connectivity index (χ0n) is 12.5. The standard InChI is InChI=1S/C13H20N2O4S.ClH/c1-9-7-11(5-6-12(9)13(16)19-4)20(17,18)15(3)10(2)8-14;/h5-7,10H,8,14H2,1-4H3;1H. The summed E-state index contributed by atoms with van der Waals surface area (Å²) in [6.45, 7) is 3.62. The lowest BCUT2D eigenvalue weighted by Gasteiger charge is -2.23. The molecule has 8 heteroatoms. The molecule has 0 aromatic heterocycles. The summed E-state index contributed by atoms with van der Waals surface area (Å²) in [5.41, 5.74) is 6.39. The van der Waals surface area contributed by atoms with Crippen LogP contribution in [0.4, 0.5) is 0 Å². The van der Waals surface area contributed by atoms with Crippen molar-refractivity contribution in [3.63, 3.8) is 0 Å². The predicted molar refractivity (Wildman–Crippen MR) is 83.2 cm³/mol. The van der Waals surface area contributed by atoms with Gasteiger partial charge < -0.3 is 10.5 Å². The van der Waals surface area contributed by atoms with Crippen LogP contribution in [-0.4, -0.2) is 45.4 Å². The Bertz CT molecular complexity index is 604. The molecule has 0 spiro atoms. The topological polar surface area (TPSA) is 89.7 Å². The van der Waals surface area contributed by atoms with Crippen molar-refractivity contribution in [2.75, 3.05) is 20.7 Å². The van der Waals surface area contributed by atoms with Gasteiger partial charge in [0.05, 0.1) is 17.6 Å². The SMILES string of the molecule is COC(=O)c1ccc(S(=O)(=O)N(C)C(C)CN)cc1C.Cl. The molecule has 1 atom stereocenters. The minimum Gasteiger partial charge on any atom is -0.465 e. The molecule has 0 bridgehead atoms. The fourth-order valence-electron chi connectivity index (χ4n) is 1.69. The van der Waals surface area contributed by atoms with Crippen LogP contribution in [0.3, 0.4) is 0 Å². The van der Waals surface area contributed by atoms with E-state index in [1.54, 1.807) is 13.8 Å². The van der Waals surface area contributed by atoms with Crippen molar-refractivity contribution in [1.29, 1.82) is 0 Å². The normalized spacial score (nSPS) is 12.7. The third kappa shape index (κ3) is 4.16. The molecular weight excluding hydrogens is 316 g/mol. The Kier molecular flexibility index (Phi) is 7.32. The molecule has 0 radical (unpaired) electrons. The number of carbonyl (C=O) groups excluding carboxylic acids is 1. The summed E-state index contributed by atoms with van der Waals surface area (Å²) < 4.78 is 30.6. The quantitative estimate of drug-likeness (QED) is 0.815. The van der Waals surface area contributed by atoms with E-state index in [1.807, 2.05) is 0 Å². The Balaban J connectivity index is 0.00000400. The number of ether oxygens (including phenoxy) is 1. The van der Waals surface area contributed by atoms with Gasteiger partial charge in [-0.2, -0.15) is 4.31 Å². The Hall–Kier alpha value is -1.15. The van der Waals surface area contributed by atoms with Crippen LogP contribution in [0.1, 0.15) is 22.8 Å². The van der Waals surface area contributed by atoms with E-state index in [1.165, 1.54) is 36.7 Å². The van der Waals surface area contributed by atoms with Crippen LogP contribution in [0.5, 0.6) is 0 Å². The number of halogens is 1. The summed E-state index contributed by atoms with van der Waals surface area (Å²) in [6, 6.07) is 4.01. The van der Waals surface area contributed by atoms with Gasteiger partial charge in [-0.15, -0.1) is 12.4 Å². The van der Waals surface area contributed by atoms with E-state index in [0.29, 0.717) is 11.1 Å². The molecule has 0 aliphatic heterocycles. The number of esters is 1. The number of methoxy groups -OCH3 is 1. The first kappa shape index (κ1) is 19.9. The first-order valence-corrected chi connectivity index (χ1v) is 7.56. The maximum Gasteiger partial charge on any atom is 0.338 e. The van der Waals surface area contributed by atoms with Gasteiger partial charge in [0.15, 0.2) is 0 Å². The first-order valence-electron chi connectivity index (χ1n) is 6.12. The van der Waals surface area contributed by atoms with Crippen molar-refractivity contribution in [3.05, 3.63) is 29.3 Å². The van der Waals surface area contributed by atoms with E-state index in [9.17, 15) is 13.2 Å². The van der Waals surface area contributed by atoms with Crippen LogP contribution in [0, 0.1) is 6.92 Å². The second-order valence-electron chi connectivity index (χ2n) is 4.57. The molecule has 1 aromatic carbocycles. The minimum atomic E-state index is -3.62. The number of hydrogen-bond acceptors (Lipinski definition) is 5. The molecule has 0 saturated heterocycles. The van der Waals surface area contributed by atoms with Gasteiger partial charge in [-0.05, 0) is 37.6 Å². The van der Waals surface area contributed by atoms with Crippen LogP contribution < -0.4 is 5.73 Å². The molecule has 1 rings (SSSR count). The van der Waals surface area contributed by atoms with Crippen molar-refractivity contribution in [2.24, 2.45) is 5.73 Å². The lowest BCUT2D eigenvalue weighted by Crippen LogP contribution is -2.39. The largest absolute Gasteiger partial charge is 0.465 e. The third-order valence-corrected chi connectivity index (χ3v) is 5.21. The summed E-state index contributed by atoms with van der Waals surface area (Å²) >= 11 is 0. The van der Waals surface area contributed by atoms with Gasteiger partial charge >= 0.3 is 5.97 Å². The van der Waals surface area contributed by atoms with Crippen molar-refractivity contribution in [2.45, 2.75) is 24.8 Å². The second-order valence-corrected chi connectivity index (χ2v) is 6.57. The molecule has 0 heterocycles. The van der Waals surface area contributed by atoms with Crippen molar-refractivity contribution < 1.29 is 17.9 Å². The van der Waals surface area contributed by atoms with E-state index in [2.05, 4.69) is 4.74 Å². The summed E-state index contributed by atoms with van der Waals surface area (Å²) in [7, 11) is -0.857. The van der Waals surface area contributed by atoms with Gasteiger partial charge in [0.25, 0.3) is 0 Å². The highest BCUT2D eigenvalue weighted by Gasteiger charge is 2.25. The number of aryl methyl sites for hydroxylation is 1. The number of hydrogen-bond donors (Lipinski definition) is 1. The molecule has 21 heavy (non-hydrogen) atoms. The lowest BCUT2D eigenvalue weighted by molar-refractivity contribution is 0.0600. The average Bonchev–Trinajstić information content (AvgIpc) is 2.44. The molecule has 120 valence electrons. The van der Waals surface area contributed by atoms with Gasteiger partial charge in [0.1, 0.15) is 0 Å². The van der Waals surface area contributed by atoms with Gasteiger partial charge in [-0.25, -0.2) is 13.2 Å². The minimum absolute atomic E-state index is 0. The second kappa shape index (κ2) is 7.74. The van der Waals surface area contributed by atoms with Gasteiger partial charge in [-0.3, -0.25) is 0 Å². The number of sulfonamides is 1. The highest BCUT2D eigenvalue weighted by Crippen LogP contribution is 2.20. The van der Waals surface area contributed by atoms with Gasteiger partial charge in [-0.1, -0.05) is 0 Å². The Morgan fingerprint density at radius 1 is 1.43 bits per heavy atom. The predicted octanol–water partition coefficient (Wildman–Crippen LogP) is 1.17. The number of nitrogens with zero attached hydrogens (tertiary/aromatic N) is 1. The summed E-state index contributed by atoms with van der Waals surface area (Å²) in [4.78, 5) is 11.6. The monoisotopic (exact) mass is 336 g/mol. The van der Waals surface area contributed by atoms with Gasteiger partial charge in [0.2, 0.25) is 10.0 Å². The van der Waals surface area contributed by atoms with Crippen LogP contribution in [0.25, 0.3) is 0 Å². The van der Waals surface area contributed by atoms with Crippen LogP contribution in [-0.2, 0) is 14.8 Å². The summed E-state index contributed by atoms with van der Waals surface area (Å²) in [6.07, 6.45) is 0. The van der Waals surface area contributed by atoms with Crippen LogP contribution >= 0.6 is 12.4 Å². The highest BCUT2D eigenvalue weighted by molar-refractivity contribution is 7.89. The molecule has 0 saturated carbocycles. The molecule has 0 aliphatic carbocycles. The maximum absolute atomic E-state index is 12.4. The Morgan fingerprint density at radius 3 is 2.43 bits per heavy atom. The van der Waals surface area contributed by atoms with E-state index in [0.717, 1.165) is 0 Å². The van der Waals surface area contributed by atoms with E-state index >= 15 is 0 Å². The van der Waals surface area contributed by atoms with Crippen molar-refractivity contribution in [3.8, 4) is 0 Å². The summed E-state index contributed by atoms with van der Waals surface area (Å²) in [5.74, 6) is -0.491. The Labute approximate surface area is 131 Å².